The molecule has 1 unspecified atom stereocenters. The first-order chi connectivity index (χ1) is 16.3. The molecule has 0 spiro atoms. The first kappa shape index (κ1) is 32.8. The van der Waals surface area contributed by atoms with Crippen molar-refractivity contribution in [2.24, 2.45) is 0 Å². The van der Waals surface area contributed by atoms with Crippen molar-refractivity contribution in [1.82, 2.24) is 0 Å². The van der Waals surface area contributed by atoms with Crippen LogP contribution in [-0.4, -0.2) is 70.8 Å². The van der Waals surface area contributed by atoms with Gasteiger partial charge in [-0.05, 0) is 25.7 Å². The van der Waals surface area contributed by atoms with E-state index in [1.807, 2.05) is 0 Å². The van der Waals surface area contributed by atoms with Crippen LogP contribution in [0.3, 0.4) is 0 Å². The third-order valence-electron chi connectivity index (χ3n) is 5.59. The predicted molar refractivity (Wildman–Crippen MR) is 130 cm³/mol. The van der Waals surface area contributed by atoms with Crippen LogP contribution >= 0.6 is 0 Å². The molecule has 0 aromatic rings. The van der Waals surface area contributed by atoms with E-state index in [2.05, 4.69) is 0 Å². The first-order valence-electron chi connectivity index (χ1n) is 12.6. The number of carbonyl (C=O) groups excluding carboxylic acids is 2. The standard InChI is InChI=1S/C24H46O9S/c1-30-18-20-32-23(25)16-12-8-4-3-6-10-14-22(34(27,28)29)15-11-7-5-9-13-17-24(26)33-21-19-31-2/h22H,3-21H2,1-2H3,(H,27,28,29). The fourth-order valence-corrected chi connectivity index (χ4v) is 4.51. The van der Waals surface area contributed by atoms with Gasteiger partial charge in [0.2, 0.25) is 0 Å². The van der Waals surface area contributed by atoms with E-state index in [9.17, 15) is 22.6 Å². The molecule has 0 saturated carbocycles. The summed E-state index contributed by atoms with van der Waals surface area (Å²) in [4.78, 5) is 23.0. The summed E-state index contributed by atoms with van der Waals surface area (Å²) in [7, 11) is -0.925. The molecule has 0 aliphatic rings. The molecule has 0 aliphatic carbocycles. The lowest BCUT2D eigenvalue weighted by molar-refractivity contribution is -0.145. The molecular formula is C24H46O9S. The highest BCUT2D eigenvalue weighted by Crippen LogP contribution is 2.19. The second-order valence-electron chi connectivity index (χ2n) is 8.53. The van der Waals surface area contributed by atoms with Gasteiger partial charge < -0.3 is 18.9 Å². The number of ether oxygens (including phenoxy) is 4. The van der Waals surface area contributed by atoms with Crippen LogP contribution in [0, 0.1) is 0 Å². The molecular weight excluding hydrogens is 464 g/mol. The van der Waals surface area contributed by atoms with Gasteiger partial charge in [-0.3, -0.25) is 14.1 Å². The Labute approximate surface area is 206 Å². The highest BCUT2D eigenvalue weighted by Gasteiger charge is 2.21. The zero-order valence-corrected chi connectivity index (χ0v) is 22.0. The fraction of sp³-hybridized carbons (Fsp3) is 0.917. The van der Waals surface area contributed by atoms with Gasteiger partial charge in [0.15, 0.2) is 0 Å². The van der Waals surface area contributed by atoms with Crippen molar-refractivity contribution in [3.05, 3.63) is 0 Å². The van der Waals surface area contributed by atoms with Crippen molar-refractivity contribution in [3.8, 4) is 0 Å². The molecule has 0 heterocycles. The Bertz CT molecular complexity index is 608. The van der Waals surface area contributed by atoms with Crippen LogP contribution in [0.2, 0.25) is 0 Å². The lowest BCUT2D eigenvalue weighted by atomic mass is 10.0. The average molecular weight is 511 g/mol. The third kappa shape index (κ3) is 21.3. The van der Waals surface area contributed by atoms with Crippen LogP contribution in [-0.2, 0) is 38.7 Å². The maximum atomic E-state index is 11.7. The topological polar surface area (TPSA) is 125 Å². The third-order valence-corrected chi connectivity index (χ3v) is 6.90. The highest BCUT2D eigenvalue weighted by atomic mass is 32.2. The largest absolute Gasteiger partial charge is 0.463 e. The van der Waals surface area contributed by atoms with Crippen LogP contribution in [0.25, 0.3) is 0 Å². The van der Waals surface area contributed by atoms with Gasteiger partial charge in [-0.2, -0.15) is 8.42 Å². The highest BCUT2D eigenvalue weighted by molar-refractivity contribution is 7.86. The second-order valence-corrected chi connectivity index (χ2v) is 10.2. The Balaban J connectivity index is 3.76. The van der Waals surface area contributed by atoms with Gasteiger partial charge in [-0.15, -0.1) is 0 Å². The van der Waals surface area contributed by atoms with E-state index in [-0.39, 0.29) is 25.2 Å². The minimum atomic E-state index is -4.04. The summed E-state index contributed by atoms with van der Waals surface area (Å²) in [6.07, 6.45) is 11.3. The van der Waals surface area contributed by atoms with Crippen LogP contribution < -0.4 is 0 Å². The molecule has 0 radical (unpaired) electrons. The monoisotopic (exact) mass is 510 g/mol. The normalized spacial score (nSPS) is 12.4. The first-order valence-corrected chi connectivity index (χ1v) is 14.1. The molecule has 0 aromatic carbocycles. The maximum Gasteiger partial charge on any atom is 0.305 e. The van der Waals surface area contributed by atoms with Crippen molar-refractivity contribution in [2.75, 3.05) is 40.6 Å². The zero-order chi connectivity index (χ0) is 25.5. The van der Waals surface area contributed by atoms with Crippen LogP contribution in [0.5, 0.6) is 0 Å². The molecule has 0 aliphatic heterocycles. The average Bonchev–Trinajstić information content (AvgIpc) is 2.78. The van der Waals surface area contributed by atoms with Crippen molar-refractivity contribution in [1.29, 1.82) is 0 Å². The minimum absolute atomic E-state index is 0.200. The van der Waals surface area contributed by atoms with Gasteiger partial charge in [-0.25, -0.2) is 0 Å². The van der Waals surface area contributed by atoms with Gasteiger partial charge in [0, 0.05) is 27.1 Å². The lowest BCUT2D eigenvalue weighted by Gasteiger charge is -2.13. The zero-order valence-electron chi connectivity index (χ0n) is 21.1. The number of unbranched alkanes of at least 4 members (excludes halogenated alkanes) is 9. The summed E-state index contributed by atoms with van der Waals surface area (Å²) in [5.74, 6) is -0.419. The second kappa shape index (κ2) is 22.2. The summed E-state index contributed by atoms with van der Waals surface area (Å²) in [5.41, 5.74) is 0. The minimum Gasteiger partial charge on any atom is -0.463 e. The summed E-state index contributed by atoms with van der Waals surface area (Å²) in [5, 5.41) is -0.704. The van der Waals surface area contributed by atoms with E-state index in [0.29, 0.717) is 38.9 Å². The molecule has 0 rings (SSSR count). The van der Waals surface area contributed by atoms with Gasteiger partial charge in [0.25, 0.3) is 10.1 Å². The van der Waals surface area contributed by atoms with E-state index >= 15 is 0 Å². The molecule has 1 atom stereocenters. The van der Waals surface area contributed by atoms with E-state index in [1.165, 1.54) is 0 Å². The van der Waals surface area contributed by atoms with Crippen molar-refractivity contribution < 1.29 is 41.5 Å². The molecule has 0 aromatic heterocycles. The molecule has 0 saturated heterocycles. The fourth-order valence-electron chi connectivity index (χ4n) is 3.58. The van der Waals surface area contributed by atoms with Gasteiger partial charge >= 0.3 is 11.9 Å². The quantitative estimate of drug-likeness (QED) is 0.114. The Hall–Kier alpha value is -1.23. The molecule has 1 N–H and O–H groups in total. The Kier molecular flexibility index (Phi) is 21.4. The molecule has 0 bridgehead atoms. The van der Waals surface area contributed by atoms with Crippen molar-refractivity contribution in [2.45, 2.75) is 102 Å². The maximum absolute atomic E-state index is 11.7. The number of carbonyl (C=O) groups is 2. The number of rotatable bonds is 24. The lowest BCUT2D eigenvalue weighted by Crippen LogP contribution is -2.20. The number of hydrogen-bond acceptors (Lipinski definition) is 8. The summed E-state index contributed by atoms with van der Waals surface area (Å²) in [6, 6.07) is 0. The van der Waals surface area contributed by atoms with Gasteiger partial charge in [0.05, 0.1) is 18.5 Å². The number of esters is 2. The van der Waals surface area contributed by atoms with Crippen LogP contribution in [0.15, 0.2) is 0 Å². The Morgan fingerprint density at radius 2 is 0.971 bits per heavy atom. The van der Waals surface area contributed by atoms with E-state index in [1.54, 1.807) is 14.2 Å². The summed E-state index contributed by atoms with van der Waals surface area (Å²) >= 11 is 0. The van der Waals surface area contributed by atoms with Gasteiger partial charge in [0.1, 0.15) is 13.2 Å². The molecule has 0 fully saturated rings. The SMILES string of the molecule is COCCOC(=O)CCCCCCCCC(CCCCCCCC(=O)OCCOC)S(=O)(=O)O. The molecule has 34 heavy (non-hydrogen) atoms. The number of methoxy groups -OCH3 is 2. The van der Waals surface area contributed by atoms with Crippen molar-refractivity contribution in [3.63, 3.8) is 0 Å². The molecule has 9 nitrogen and oxygen atoms in total. The smallest absolute Gasteiger partial charge is 0.305 e. The predicted octanol–water partition coefficient (Wildman–Crippen LogP) is 4.47. The summed E-state index contributed by atoms with van der Waals surface area (Å²) < 4.78 is 52.6. The molecule has 202 valence electrons. The van der Waals surface area contributed by atoms with Crippen LogP contribution in [0.4, 0.5) is 0 Å². The Morgan fingerprint density at radius 3 is 1.32 bits per heavy atom. The van der Waals surface area contributed by atoms with E-state index < -0.39 is 15.4 Å². The summed E-state index contributed by atoms with van der Waals surface area (Å²) in [6.45, 7) is 1.37. The number of hydrogen-bond donors (Lipinski definition) is 1. The van der Waals surface area contributed by atoms with E-state index in [0.717, 1.165) is 70.6 Å². The van der Waals surface area contributed by atoms with E-state index in [4.69, 9.17) is 18.9 Å². The molecule has 10 heteroatoms. The molecule has 0 amide bonds. The van der Waals surface area contributed by atoms with Gasteiger partial charge in [-0.1, -0.05) is 57.8 Å². The van der Waals surface area contributed by atoms with Crippen LogP contribution in [0.1, 0.15) is 96.3 Å². The Morgan fingerprint density at radius 1 is 0.618 bits per heavy atom. The van der Waals surface area contributed by atoms with Crippen molar-refractivity contribution >= 4 is 22.1 Å².